The number of hydrogen-bond acceptors (Lipinski definition) is 7. The van der Waals surface area contributed by atoms with E-state index in [-0.39, 0.29) is 42.9 Å². The maximum Gasteiger partial charge on any atom is 0.370 e. The molecule has 1 aromatic rings. The van der Waals surface area contributed by atoms with Crippen molar-refractivity contribution >= 4 is 16.0 Å². The van der Waals surface area contributed by atoms with Crippen molar-refractivity contribution < 1.29 is 37.6 Å². The van der Waals surface area contributed by atoms with Crippen LogP contribution in [0.4, 0.5) is 0 Å². The minimum atomic E-state index is -3.85. The lowest BCUT2D eigenvalue weighted by Gasteiger charge is -2.31. The van der Waals surface area contributed by atoms with Gasteiger partial charge in [0.15, 0.2) is 0 Å². The van der Waals surface area contributed by atoms with Crippen LogP contribution in [0.2, 0.25) is 0 Å². The zero-order valence-corrected chi connectivity index (χ0v) is 19.0. The van der Waals surface area contributed by atoms with E-state index in [2.05, 4.69) is 0 Å². The van der Waals surface area contributed by atoms with Crippen molar-refractivity contribution in [3.8, 4) is 5.75 Å². The van der Waals surface area contributed by atoms with Crippen molar-refractivity contribution in [3.05, 3.63) is 36.1 Å². The van der Waals surface area contributed by atoms with E-state index >= 15 is 0 Å². The molecule has 32 heavy (non-hydrogen) atoms. The van der Waals surface area contributed by atoms with Gasteiger partial charge in [-0.2, -0.15) is 4.31 Å². The summed E-state index contributed by atoms with van der Waals surface area (Å²) in [6.07, 6.45) is 5.87. The largest absolute Gasteiger partial charge is 0.497 e. The average Bonchev–Trinajstić information content (AvgIpc) is 3.33. The van der Waals surface area contributed by atoms with Gasteiger partial charge in [0.05, 0.1) is 25.2 Å². The van der Waals surface area contributed by atoms with Crippen molar-refractivity contribution in [2.24, 2.45) is 11.8 Å². The molecule has 1 saturated carbocycles. The monoisotopic (exact) mass is 469 g/mol. The standard InChI is InChI=1S/C22H31NO8S/c1-29-18-6-8-19(9-7-18)32(27,28)23(10-12-24)11-13-30-21-15-17(16-4-2-3-5-16)14-20(31-21)22(25)26/h6-9,14,16-17,21,24H,2-5,10-13,15H2,1H3,(H,25,26)/t17-,21+/m1/s1. The van der Waals surface area contributed by atoms with Gasteiger partial charge in [-0.25, -0.2) is 13.2 Å². The number of allylic oxidation sites excluding steroid dienone is 1. The third-order valence-electron chi connectivity index (χ3n) is 6.00. The SMILES string of the molecule is COc1ccc(S(=O)(=O)N(CCO)CCO[C@@H]2C[C@H](C3CCCC3)C=C(C(=O)O)O2)cc1. The Balaban J connectivity index is 1.62. The van der Waals surface area contributed by atoms with Crippen LogP contribution >= 0.6 is 0 Å². The van der Waals surface area contributed by atoms with Gasteiger partial charge in [-0.3, -0.25) is 0 Å². The van der Waals surface area contributed by atoms with E-state index in [9.17, 15) is 23.4 Å². The molecule has 1 heterocycles. The lowest BCUT2D eigenvalue weighted by Crippen LogP contribution is -2.38. The summed E-state index contributed by atoms with van der Waals surface area (Å²) in [5.74, 6) is -0.226. The number of aliphatic hydroxyl groups is 1. The summed E-state index contributed by atoms with van der Waals surface area (Å²) in [6.45, 7) is -0.432. The van der Waals surface area contributed by atoms with Crippen LogP contribution in [0.15, 0.2) is 41.0 Å². The highest BCUT2D eigenvalue weighted by Crippen LogP contribution is 2.38. The highest BCUT2D eigenvalue weighted by Gasteiger charge is 2.34. The second-order valence-corrected chi connectivity index (χ2v) is 9.94. The number of ether oxygens (including phenoxy) is 3. The van der Waals surface area contributed by atoms with Crippen LogP contribution in [0, 0.1) is 11.8 Å². The summed E-state index contributed by atoms with van der Waals surface area (Å²) in [7, 11) is -2.35. The average molecular weight is 470 g/mol. The minimum Gasteiger partial charge on any atom is -0.497 e. The molecule has 1 fully saturated rings. The molecule has 1 aliphatic heterocycles. The molecule has 0 radical (unpaired) electrons. The quantitative estimate of drug-likeness (QED) is 0.506. The third kappa shape index (κ3) is 6.00. The van der Waals surface area contributed by atoms with Crippen LogP contribution in [0.25, 0.3) is 0 Å². The Hall–Kier alpha value is -2.14. The van der Waals surface area contributed by atoms with Crippen LogP contribution in [-0.2, 0) is 24.3 Å². The van der Waals surface area contributed by atoms with Crippen molar-refractivity contribution in [3.63, 3.8) is 0 Å². The molecular formula is C22H31NO8S. The van der Waals surface area contributed by atoms with Gasteiger partial charge in [0.1, 0.15) is 5.75 Å². The molecule has 2 atom stereocenters. The van der Waals surface area contributed by atoms with Gasteiger partial charge in [-0.15, -0.1) is 0 Å². The Labute approximate surface area is 188 Å². The van der Waals surface area contributed by atoms with E-state index in [4.69, 9.17) is 14.2 Å². The first-order valence-electron chi connectivity index (χ1n) is 10.8. The molecule has 178 valence electrons. The molecule has 1 aliphatic carbocycles. The molecule has 0 unspecified atom stereocenters. The molecule has 9 nitrogen and oxygen atoms in total. The first kappa shape index (κ1) is 24.5. The molecule has 0 amide bonds. The van der Waals surface area contributed by atoms with Crippen molar-refractivity contribution in [1.82, 2.24) is 4.31 Å². The first-order valence-corrected chi connectivity index (χ1v) is 12.3. The van der Waals surface area contributed by atoms with E-state index in [0.29, 0.717) is 18.1 Å². The maximum atomic E-state index is 13.0. The Kier molecular flexibility index (Phi) is 8.52. The number of aliphatic hydroxyl groups excluding tert-OH is 1. The number of sulfonamides is 1. The molecule has 10 heteroatoms. The highest BCUT2D eigenvalue weighted by atomic mass is 32.2. The summed E-state index contributed by atoms with van der Waals surface area (Å²) < 4.78 is 43.4. The van der Waals surface area contributed by atoms with Gasteiger partial charge in [-0.1, -0.05) is 12.8 Å². The molecule has 0 saturated heterocycles. The topological polar surface area (TPSA) is 123 Å². The summed E-state index contributed by atoms with van der Waals surface area (Å²) >= 11 is 0. The van der Waals surface area contributed by atoms with E-state index in [1.54, 1.807) is 18.2 Å². The zero-order valence-electron chi connectivity index (χ0n) is 18.2. The number of rotatable bonds is 11. The first-order chi connectivity index (χ1) is 15.3. The van der Waals surface area contributed by atoms with E-state index in [0.717, 1.165) is 30.0 Å². The number of carboxylic acids is 1. The zero-order chi connectivity index (χ0) is 23.1. The number of hydrogen-bond donors (Lipinski definition) is 2. The van der Waals surface area contributed by atoms with Crippen LogP contribution in [0.1, 0.15) is 32.1 Å². The molecule has 0 bridgehead atoms. The molecule has 3 rings (SSSR count). The predicted octanol–water partition coefficient (Wildman–Crippen LogP) is 2.22. The number of carbonyl (C=O) groups is 1. The summed E-state index contributed by atoms with van der Waals surface area (Å²) in [5.41, 5.74) is 0. The van der Waals surface area contributed by atoms with Crippen LogP contribution in [-0.4, -0.2) is 68.6 Å². The van der Waals surface area contributed by atoms with Crippen molar-refractivity contribution in [2.75, 3.05) is 33.4 Å². The maximum absolute atomic E-state index is 13.0. The molecule has 2 aliphatic rings. The van der Waals surface area contributed by atoms with Gasteiger partial charge < -0.3 is 24.4 Å². The Morgan fingerprint density at radius 1 is 1.19 bits per heavy atom. The van der Waals surface area contributed by atoms with Crippen LogP contribution in [0.3, 0.4) is 0 Å². The molecule has 0 aromatic heterocycles. The van der Waals surface area contributed by atoms with Gasteiger partial charge in [0.2, 0.25) is 22.1 Å². The van der Waals surface area contributed by atoms with Gasteiger partial charge >= 0.3 is 5.97 Å². The van der Waals surface area contributed by atoms with E-state index in [1.165, 1.54) is 19.2 Å². The van der Waals surface area contributed by atoms with Gasteiger partial charge in [-0.05, 0) is 55.0 Å². The summed E-state index contributed by atoms with van der Waals surface area (Å²) in [5, 5.41) is 18.8. The number of benzene rings is 1. The Morgan fingerprint density at radius 2 is 1.88 bits per heavy atom. The number of carboxylic acid groups (broad SMARTS) is 1. The Morgan fingerprint density at radius 3 is 2.47 bits per heavy atom. The number of aliphatic carboxylic acids is 1. The highest BCUT2D eigenvalue weighted by molar-refractivity contribution is 7.89. The van der Waals surface area contributed by atoms with Gasteiger partial charge in [0.25, 0.3) is 0 Å². The predicted molar refractivity (Wildman–Crippen MR) is 115 cm³/mol. The lowest BCUT2D eigenvalue weighted by molar-refractivity contribution is -0.160. The molecular weight excluding hydrogens is 438 g/mol. The van der Waals surface area contributed by atoms with Crippen molar-refractivity contribution in [1.29, 1.82) is 0 Å². The van der Waals surface area contributed by atoms with Crippen LogP contribution in [0.5, 0.6) is 5.75 Å². The fraction of sp³-hybridized carbons (Fsp3) is 0.591. The second-order valence-electron chi connectivity index (χ2n) is 8.00. The molecule has 2 N–H and O–H groups in total. The van der Waals surface area contributed by atoms with Crippen molar-refractivity contribution in [2.45, 2.75) is 43.3 Å². The Bertz CT molecular complexity index is 893. The van der Waals surface area contributed by atoms with Gasteiger partial charge in [0, 0.05) is 19.5 Å². The number of methoxy groups -OCH3 is 1. The third-order valence-corrected chi connectivity index (χ3v) is 7.91. The van der Waals surface area contributed by atoms with E-state index in [1.807, 2.05) is 0 Å². The summed E-state index contributed by atoms with van der Waals surface area (Å²) in [4.78, 5) is 11.6. The molecule has 0 spiro atoms. The lowest BCUT2D eigenvalue weighted by atomic mass is 9.86. The second kappa shape index (κ2) is 11.1. The van der Waals surface area contributed by atoms with Crippen LogP contribution < -0.4 is 4.74 Å². The fourth-order valence-electron chi connectivity index (χ4n) is 4.30. The minimum absolute atomic E-state index is 0.00430. The fourth-order valence-corrected chi connectivity index (χ4v) is 5.71. The smallest absolute Gasteiger partial charge is 0.370 e. The summed E-state index contributed by atoms with van der Waals surface area (Å²) in [6, 6.07) is 6.00. The normalized spacial score (nSPS) is 21.9. The molecule has 1 aromatic carbocycles. The van der Waals surface area contributed by atoms with E-state index < -0.39 is 22.3 Å². The number of nitrogens with zero attached hydrogens (tertiary/aromatic N) is 1.